The summed E-state index contributed by atoms with van der Waals surface area (Å²) in [6, 6.07) is 14.7. The molecule has 0 unspecified atom stereocenters. The molecule has 0 fully saturated rings. The van der Waals surface area contributed by atoms with E-state index in [0.29, 0.717) is 23.1 Å². The number of aryl methyl sites for hydroxylation is 1. The van der Waals surface area contributed by atoms with Crippen LogP contribution in [0.3, 0.4) is 0 Å². The maximum absolute atomic E-state index is 12.2. The van der Waals surface area contributed by atoms with Gasteiger partial charge in [-0.25, -0.2) is 4.68 Å². The zero-order chi connectivity index (χ0) is 19.2. The van der Waals surface area contributed by atoms with E-state index in [-0.39, 0.29) is 23.9 Å². The number of nitrogens with zero attached hydrogens (tertiary/aromatic N) is 2. The summed E-state index contributed by atoms with van der Waals surface area (Å²) in [7, 11) is 1.58. The molecule has 0 aliphatic carbocycles. The predicted molar refractivity (Wildman–Crippen MR) is 102 cm³/mol. The Labute approximate surface area is 161 Å². The molecular formula is C19H19N3O4S. The summed E-state index contributed by atoms with van der Waals surface area (Å²) in [5.74, 6) is 1.46. The Balaban J connectivity index is 1.58. The summed E-state index contributed by atoms with van der Waals surface area (Å²) < 4.78 is 17.4. The first-order valence-corrected chi connectivity index (χ1v) is 8.64. The number of anilines is 1. The van der Waals surface area contributed by atoms with Crippen LogP contribution in [0.15, 0.2) is 52.9 Å². The Morgan fingerprint density at radius 2 is 2.00 bits per heavy atom. The molecule has 0 saturated carbocycles. The fourth-order valence-corrected chi connectivity index (χ4v) is 2.57. The molecule has 27 heavy (non-hydrogen) atoms. The fraction of sp³-hybridized carbons (Fsp3) is 0.211. The molecule has 0 atom stereocenters. The van der Waals surface area contributed by atoms with E-state index in [2.05, 4.69) is 10.4 Å². The third-order valence-corrected chi connectivity index (χ3v) is 3.96. The maximum atomic E-state index is 12.2. The zero-order valence-corrected chi connectivity index (χ0v) is 15.8. The lowest BCUT2D eigenvalue weighted by Gasteiger charge is -2.06. The molecule has 2 aromatic carbocycles. The summed E-state index contributed by atoms with van der Waals surface area (Å²) in [6.45, 7) is 2.05. The van der Waals surface area contributed by atoms with Crippen molar-refractivity contribution >= 4 is 23.8 Å². The van der Waals surface area contributed by atoms with Gasteiger partial charge in [0.15, 0.2) is 6.61 Å². The maximum Gasteiger partial charge on any atom is 0.287 e. The van der Waals surface area contributed by atoms with Gasteiger partial charge in [-0.1, -0.05) is 12.1 Å². The molecule has 0 saturated heterocycles. The molecule has 8 heteroatoms. The Morgan fingerprint density at radius 3 is 2.70 bits per heavy atom. The lowest BCUT2D eigenvalue weighted by Crippen LogP contribution is -2.19. The van der Waals surface area contributed by atoms with Crippen molar-refractivity contribution in [3.8, 4) is 11.5 Å². The number of carbonyl (C=O) groups excluding carboxylic acids is 1. The Kier molecular flexibility index (Phi) is 5.87. The number of nitrogens with one attached hydrogen (secondary N) is 1. The van der Waals surface area contributed by atoms with Crippen molar-refractivity contribution < 1.29 is 18.7 Å². The topological polar surface area (TPSA) is 78.5 Å². The largest absolute Gasteiger partial charge is 0.497 e. The van der Waals surface area contributed by atoms with Gasteiger partial charge in [0.05, 0.1) is 7.11 Å². The van der Waals surface area contributed by atoms with E-state index in [1.807, 2.05) is 31.2 Å². The minimum absolute atomic E-state index is 0.0567. The summed E-state index contributed by atoms with van der Waals surface area (Å²) in [6.07, 6.45) is 0. The number of methoxy groups -OCH3 is 1. The average Bonchev–Trinajstić information content (AvgIpc) is 3.00. The number of hydrogen-bond donors (Lipinski definition) is 1. The van der Waals surface area contributed by atoms with Crippen LogP contribution in [0.4, 0.5) is 5.69 Å². The van der Waals surface area contributed by atoms with Crippen molar-refractivity contribution in [2.75, 3.05) is 12.4 Å². The highest BCUT2D eigenvalue weighted by Crippen LogP contribution is 2.16. The highest BCUT2D eigenvalue weighted by Gasteiger charge is 2.11. The van der Waals surface area contributed by atoms with Gasteiger partial charge in [0, 0.05) is 5.69 Å². The lowest BCUT2D eigenvalue weighted by molar-refractivity contribution is -0.117. The van der Waals surface area contributed by atoms with Gasteiger partial charge in [-0.05, 0) is 61.1 Å². The number of rotatable bonds is 7. The Hall–Kier alpha value is -3.13. The molecule has 0 spiro atoms. The third-order valence-electron chi connectivity index (χ3n) is 3.67. The van der Waals surface area contributed by atoms with Gasteiger partial charge in [0.1, 0.15) is 18.0 Å². The van der Waals surface area contributed by atoms with Gasteiger partial charge >= 0.3 is 0 Å². The fourth-order valence-electron chi connectivity index (χ4n) is 2.37. The van der Waals surface area contributed by atoms with Gasteiger partial charge in [0.2, 0.25) is 5.91 Å². The molecule has 3 rings (SSSR count). The van der Waals surface area contributed by atoms with Crippen molar-refractivity contribution in [2.45, 2.75) is 20.1 Å². The number of hydrogen-bond acceptors (Lipinski definition) is 6. The molecule has 3 aromatic rings. The molecule has 7 nitrogen and oxygen atoms in total. The van der Waals surface area contributed by atoms with Crippen LogP contribution in [0.5, 0.6) is 11.5 Å². The molecule has 1 N–H and O–H groups in total. The number of ether oxygens (including phenoxy) is 2. The van der Waals surface area contributed by atoms with Crippen LogP contribution in [-0.4, -0.2) is 22.8 Å². The van der Waals surface area contributed by atoms with E-state index >= 15 is 0 Å². The normalized spacial score (nSPS) is 10.4. The lowest BCUT2D eigenvalue weighted by atomic mass is 10.2. The van der Waals surface area contributed by atoms with Crippen molar-refractivity contribution in [1.29, 1.82) is 0 Å². The Morgan fingerprint density at radius 1 is 1.22 bits per heavy atom. The predicted octanol–water partition coefficient (Wildman–Crippen LogP) is 3.74. The van der Waals surface area contributed by atoms with Crippen molar-refractivity contribution in [3.05, 3.63) is 64.8 Å². The Bertz CT molecular complexity index is 979. The quantitative estimate of drug-likeness (QED) is 0.624. The standard InChI is InChI=1S/C19H19N3O4S/c1-13-4-3-5-16(10-13)25-12-18-21-22(19(27)26-18)11-17(23)20-14-6-8-15(24-2)9-7-14/h3-10H,11-12H2,1-2H3,(H,20,23). The van der Waals surface area contributed by atoms with E-state index in [4.69, 9.17) is 26.1 Å². The molecule has 0 aliphatic rings. The number of amides is 1. The van der Waals surface area contributed by atoms with Crippen LogP contribution in [-0.2, 0) is 17.9 Å². The number of benzene rings is 2. The number of aromatic nitrogens is 2. The van der Waals surface area contributed by atoms with Crippen LogP contribution < -0.4 is 14.8 Å². The second kappa shape index (κ2) is 8.50. The van der Waals surface area contributed by atoms with Gasteiger partial charge in [-0.3, -0.25) is 4.79 Å². The molecule has 1 aromatic heterocycles. The first-order chi connectivity index (χ1) is 13.0. The van der Waals surface area contributed by atoms with Gasteiger partial charge in [-0.15, -0.1) is 5.10 Å². The van der Waals surface area contributed by atoms with E-state index < -0.39 is 0 Å². The van der Waals surface area contributed by atoms with Gasteiger partial charge in [0.25, 0.3) is 10.7 Å². The zero-order valence-electron chi connectivity index (χ0n) is 15.0. The van der Waals surface area contributed by atoms with Gasteiger partial charge in [-0.2, -0.15) is 0 Å². The van der Waals surface area contributed by atoms with Crippen LogP contribution in [0.1, 0.15) is 11.5 Å². The molecular weight excluding hydrogens is 366 g/mol. The third kappa shape index (κ3) is 5.18. The second-order valence-electron chi connectivity index (χ2n) is 5.80. The van der Waals surface area contributed by atoms with Crippen LogP contribution in [0, 0.1) is 11.8 Å². The molecule has 1 heterocycles. The van der Waals surface area contributed by atoms with E-state index in [9.17, 15) is 4.79 Å². The molecule has 0 bridgehead atoms. The highest BCUT2D eigenvalue weighted by molar-refractivity contribution is 7.71. The van der Waals surface area contributed by atoms with Crippen molar-refractivity contribution in [2.24, 2.45) is 0 Å². The van der Waals surface area contributed by atoms with Crippen molar-refractivity contribution in [1.82, 2.24) is 9.78 Å². The first-order valence-electron chi connectivity index (χ1n) is 8.23. The average molecular weight is 385 g/mol. The number of carbonyl (C=O) groups is 1. The molecule has 140 valence electrons. The minimum Gasteiger partial charge on any atom is -0.497 e. The molecule has 1 amide bonds. The first kappa shape index (κ1) is 18.7. The van der Waals surface area contributed by atoms with Crippen LogP contribution in [0.25, 0.3) is 0 Å². The highest BCUT2D eigenvalue weighted by atomic mass is 32.1. The molecule has 0 aliphatic heterocycles. The van der Waals surface area contributed by atoms with Crippen LogP contribution >= 0.6 is 12.2 Å². The van der Waals surface area contributed by atoms with E-state index in [1.165, 1.54) is 4.68 Å². The smallest absolute Gasteiger partial charge is 0.287 e. The second-order valence-corrected chi connectivity index (χ2v) is 6.15. The van der Waals surface area contributed by atoms with Gasteiger partial charge < -0.3 is 19.2 Å². The summed E-state index contributed by atoms with van der Waals surface area (Å²) in [4.78, 5) is 12.3. The SMILES string of the molecule is COc1ccc(NC(=O)Cn2nc(COc3cccc(C)c3)oc2=S)cc1. The van der Waals surface area contributed by atoms with Crippen molar-refractivity contribution in [3.63, 3.8) is 0 Å². The van der Waals surface area contributed by atoms with E-state index in [0.717, 1.165) is 5.56 Å². The summed E-state index contributed by atoms with van der Waals surface area (Å²) in [5.41, 5.74) is 1.74. The molecule has 0 radical (unpaired) electrons. The van der Waals surface area contributed by atoms with E-state index in [1.54, 1.807) is 31.4 Å². The summed E-state index contributed by atoms with van der Waals surface area (Å²) >= 11 is 5.12. The minimum atomic E-state index is -0.268. The monoisotopic (exact) mass is 385 g/mol. The van der Waals surface area contributed by atoms with Crippen LogP contribution in [0.2, 0.25) is 0 Å². The summed E-state index contributed by atoms with van der Waals surface area (Å²) in [5, 5.41) is 6.96.